The highest BCUT2D eigenvalue weighted by molar-refractivity contribution is 4.76. The molecule has 0 aromatic carbocycles. The molecule has 0 saturated heterocycles. The van der Waals surface area contributed by atoms with Gasteiger partial charge in [-0.25, -0.2) is 0 Å². The number of hydrogen-bond donors (Lipinski definition) is 2. The molecule has 1 atom stereocenters. The van der Waals surface area contributed by atoms with Gasteiger partial charge in [0, 0.05) is 5.54 Å². The molecule has 0 aromatic heterocycles. The van der Waals surface area contributed by atoms with Crippen molar-refractivity contribution < 1.29 is 5.11 Å². The van der Waals surface area contributed by atoms with Gasteiger partial charge in [-0.3, -0.25) is 0 Å². The van der Waals surface area contributed by atoms with Crippen molar-refractivity contribution in [3.63, 3.8) is 0 Å². The Kier molecular flexibility index (Phi) is 4.69. The molecule has 0 aliphatic heterocycles. The molecule has 68 valence electrons. The van der Waals surface area contributed by atoms with E-state index in [-0.39, 0.29) is 12.1 Å². The van der Waals surface area contributed by atoms with Crippen LogP contribution in [0.3, 0.4) is 0 Å². The van der Waals surface area contributed by atoms with Crippen molar-refractivity contribution in [3.05, 3.63) is 0 Å². The number of rotatable bonds is 5. The predicted molar refractivity (Wildman–Crippen MR) is 48.6 cm³/mol. The van der Waals surface area contributed by atoms with Crippen LogP contribution in [0.2, 0.25) is 0 Å². The lowest BCUT2D eigenvalue weighted by Gasteiger charge is -2.25. The van der Waals surface area contributed by atoms with Gasteiger partial charge in [0.1, 0.15) is 0 Å². The van der Waals surface area contributed by atoms with Crippen LogP contribution in [0.4, 0.5) is 0 Å². The quantitative estimate of drug-likeness (QED) is 0.635. The molecule has 2 N–H and O–H groups in total. The summed E-state index contributed by atoms with van der Waals surface area (Å²) in [6, 6.07) is 0. The van der Waals surface area contributed by atoms with Gasteiger partial charge in [0.05, 0.1) is 6.61 Å². The maximum absolute atomic E-state index is 8.92. The van der Waals surface area contributed by atoms with Gasteiger partial charge < -0.3 is 10.4 Å². The van der Waals surface area contributed by atoms with Crippen LogP contribution < -0.4 is 5.32 Å². The molecule has 0 fully saturated rings. The molecule has 0 aromatic rings. The summed E-state index contributed by atoms with van der Waals surface area (Å²) in [4.78, 5) is 0. The molecule has 0 aliphatic carbocycles. The first-order valence-corrected chi connectivity index (χ1v) is 4.37. The van der Waals surface area contributed by atoms with Gasteiger partial charge >= 0.3 is 0 Å². The standard InChI is InChI=1S/C9H21NO/c1-5-8(2)6-10-9(3,4)7-11/h8,10-11H,5-7H2,1-4H3. The van der Waals surface area contributed by atoms with Gasteiger partial charge in [-0.1, -0.05) is 20.3 Å². The van der Waals surface area contributed by atoms with E-state index in [9.17, 15) is 0 Å². The molecule has 1 unspecified atom stereocenters. The second-order valence-corrected chi connectivity index (χ2v) is 3.94. The van der Waals surface area contributed by atoms with E-state index < -0.39 is 0 Å². The largest absolute Gasteiger partial charge is 0.394 e. The number of aliphatic hydroxyl groups is 1. The third-order valence-corrected chi connectivity index (χ3v) is 2.02. The van der Waals surface area contributed by atoms with Crippen molar-refractivity contribution >= 4 is 0 Å². The summed E-state index contributed by atoms with van der Waals surface area (Å²) in [5.74, 6) is 0.695. The van der Waals surface area contributed by atoms with E-state index in [1.54, 1.807) is 0 Å². The Hall–Kier alpha value is -0.0800. The van der Waals surface area contributed by atoms with Gasteiger partial charge in [-0.15, -0.1) is 0 Å². The maximum Gasteiger partial charge on any atom is 0.0607 e. The summed E-state index contributed by atoms with van der Waals surface area (Å²) in [7, 11) is 0. The van der Waals surface area contributed by atoms with Gasteiger partial charge in [0.25, 0.3) is 0 Å². The summed E-state index contributed by atoms with van der Waals surface area (Å²) < 4.78 is 0. The average molecular weight is 159 g/mol. The maximum atomic E-state index is 8.92. The molecule has 0 radical (unpaired) electrons. The average Bonchev–Trinajstić information content (AvgIpc) is 2.00. The Morgan fingerprint density at radius 2 is 2.00 bits per heavy atom. The molecular formula is C9H21NO. The molecule has 2 heteroatoms. The van der Waals surface area contributed by atoms with E-state index in [0.29, 0.717) is 5.92 Å². The first kappa shape index (κ1) is 10.9. The minimum atomic E-state index is -0.122. The monoisotopic (exact) mass is 159 g/mol. The summed E-state index contributed by atoms with van der Waals surface area (Å²) in [5.41, 5.74) is -0.122. The highest BCUT2D eigenvalue weighted by Crippen LogP contribution is 2.03. The number of hydrogen-bond acceptors (Lipinski definition) is 2. The molecule has 0 bridgehead atoms. The third kappa shape index (κ3) is 5.22. The lowest BCUT2D eigenvalue weighted by molar-refractivity contribution is 0.183. The van der Waals surface area contributed by atoms with Crippen LogP contribution in [0, 0.1) is 5.92 Å². The lowest BCUT2D eigenvalue weighted by atomic mass is 10.0. The van der Waals surface area contributed by atoms with Crippen LogP contribution in [-0.2, 0) is 0 Å². The van der Waals surface area contributed by atoms with Crippen molar-refractivity contribution in [1.82, 2.24) is 5.32 Å². The zero-order valence-electron chi connectivity index (χ0n) is 8.15. The topological polar surface area (TPSA) is 32.3 Å². The van der Waals surface area contributed by atoms with E-state index in [1.165, 1.54) is 6.42 Å². The number of nitrogens with one attached hydrogen (secondary N) is 1. The molecule has 11 heavy (non-hydrogen) atoms. The third-order valence-electron chi connectivity index (χ3n) is 2.02. The summed E-state index contributed by atoms with van der Waals surface area (Å²) >= 11 is 0. The molecule has 0 heterocycles. The van der Waals surface area contributed by atoms with Crippen LogP contribution in [-0.4, -0.2) is 23.8 Å². The predicted octanol–water partition coefficient (Wildman–Crippen LogP) is 1.39. The van der Waals surface area contributed by atoms with E-state index in [0.717, 1.165) is 6.54 Å². The van der Waals surface area contributed by atoms with E-state index >= 15 is 0 Å². The first-order valence-electron chi connectivity index (χ1n) is 4.37. The smallest absolute Gasteiger partial charge is 0.0607 e. The van der Waals surface area contributed by atoms with Gasteiger partial charge in [0.15, 0.2) is 0 Å². The fourth-order valence-corrected chi connectivity index (χ4v) is 0.651. The molecule has 2 nitrogen and oxygen atoms in total. The van der Waals surface area contributed by atoms with Gasteiger partial charge in [-0.05, 0) is 26.3 Å². The van der Waals surface area contributed by atoms with E-state index in [2.05, 4.69) is 19.2 Å². The fraction of sp³-hybridized carbons (Fsp3) is 1.00. The molecular weight excluding hydrogens is 138 g/mol. The lowest BCUT2D eigenvalue weighted by Crippen LogP contribution is -2.44. The Morgan fingerprint density at radius 1 is 1.45 bits per heavy atom. The summed E-state index contributed by atoms with van der Waals surface area (Å²) in [6.45, 7) is 9.59. The Balaban J connectivity index is 3.52. The molecule has 0 spiro atoms. The van der Waals surface area contributed by atoms with Gasteiger partial charge in [-0.2, -0.15) is 0 Å². The summed E-state index contributed by atoms with van der Waals surface area (Å²) in [5, 5.41) is 12.2. The zero-order valence-corrected chi connectivity index (χ0v) is 8.15. The molecule has 0 amide bonds. The zero-order chi connectivity index (χ0) is 8.91. The van der Waals surface area contributed by atoms with Crippen LogP contribution >= 0.6 is 0 Å². The minimum absolute atomic E-state index is 0.122. The highest BCUT2D eigenvalue weighted by atomic mass is 16.3. The van der Waals surface area contributed by atoms with Crippen molar-refractivity contribution in [2.45, 2.75) is 39.7 Å². The van der Waals surface area contributed by atoms with Crippen molar-refractivity contribution in [1.29, 1.82) is 0 Å². The molecule has 0 aliphatic rings. The molecule has 0 saturated carbocycles. The number of aliphatic hydroxyl groups excluding tert-OH is 1. The fourth-order valence-electron chi connectivity index (χ4n) is 0.651. The Bertz CT molecular complexity index is 102. The Morgan fingerprint density at radius 3 is 2.36 bits per heavy atom. The second-order valence-electron chi connectivity index (χ2n) is 3.94. The summed E-state index contributed by atoms with van der Waals surface area (Å²) in [6.07, 6.45) is 1.19. The SMILES string of the molecule is CCC(C)CNC(C)(C)CO. The van der Waals surface area contributed by atoms with Crippen LogP contribution in [0.15, 0.2) is 0 Å². The molecule has 0 rings (SSSR count). The highest BCUT2D eigenvalue weighted by Gasteiger charge is 2.15. The van der Waals surface area contributed by atoms with Crippen LogP contribution in [0.5, 0.6) is 0 Å². The van der Waals surface area contributed by atoms with E-state index in [1.807, 2.05) is 13.8 Å². The first-order chi connectivity index (χ1) is 5.02. The Labute approximate surface area is 70.0 Å². The van der Waals surface area contributed by atoms with Crippen molar-refractivity contribution in [2.75, 3.05) is 13.2 Å². The van der Waals surface area contributed by atoms with Crippen LogP contribution in [0.25, 0.3) is 0 Å². The minimum Gasteiger partial charge on any atom is -0.394 e. The normalized spacial score (nSPS) is 15.0. The second kappa shape index (κ2) is 4.73. The van der Waals surface area contributed by atoms with Gasteiger partial charge in [0.2, 0.25) is 0 Å². The van der Waals surface area contributed by atoms with E-state index in [4.69, 9.17) is 5.11 Å². The van der Waals surface area contributed by atoms with Crippen molar-refractivity contribution in [3.8, 4) is 0 Å². The van der Waals surface area contributed by atoms with Crippen LogP contribution in [0.1, 0.15) is 34.1 Å². The van der Waals surface area contributed by atoms with Crippen molar-refractivity contribution in [2.24, 2.45) is 5.92 Å².